The first-order chi connectivity index (χ1) is 7.40. The number of fused-ring (bicyclic) bond motifs is 1. The van der Waals surface area contributed by atoms with Crippen LogP contribution in [0.1, 0.15) is 24.0 Å². The predicted octanol–water partition coefficient (Wildman–Crippen LogP) is 2.59. The highest BCUT2D eigenvalue weighted by Crippen LogP contribution is 2.25. The standard InChI is InChI=1S/C13H18O2/c1-14-8-9-15-13-7-6-11-4-2-3-5-12(11)10-13/h6-7,10H,2-5,8-9H2,1H3. The lowest BCUT2D eigenvalue weighted by atomic mass is 9.92. The van der Waals surface area contributed by atoms with Gasteiger partial charge in [-0.15, -0.1) is 0 Å². The van der Waals surface area contributed by atoms with Crippen molar-refractivity contribution in [1.82, 2.24) is 0 Å². The van der Waals surface area contributed by atoms with Gasteiger partial charge in [-0.05, 0) is 48.9 Å². The number of hydrogen-bond donors (Lipinski definition) is 0. The van der Waals surface area contributed by atoms with E-state index < -0.39 is 0 Å². The Hall–Kier alpha value is -1.02. The van der Waals surface area contributed by atoms with E-state index in [2.05, 4.69) is 18.2 Å². The SMILES string of the molecule is COCCOc1ccc2c(c1)CCCC2. The molecule has 0 unspecified atom stereocenters. The van der Waals surface area contributed by atoms with Crippen molar-refractivity contribution >= 4 is 0 Å². The zero-order valence-electron chi connectivity index (χ0n) is 9.29. The Morgan fingerprint density at radius 2 is 1.87 bits per heavy atom. The first-order valence-corrected chi connectivity index (χ1v) is 5.63. The van der Waals surface area contributed by atoms with Crippen LogP contribution in [0.25, 0.3) is 0 Å². The molecular weight excluding hydrogens is 188 g/mol. The highest BCUT2D eigenvalue weighted by atomic mass is 16.5. The fourth-order valence-corrected chi connectivity index (χ4v) is 2.04. The summed E-state index contributed by atoms with van der Waals surface area (Å²) < 4.78 is 10.5. The average molecular weight is 206 g/mol. The van der Waals surface area contributed by atoms with E-state index in [0.29, 0.717) is 13.2 Å². The fraction of sp³-hybridized carbons (Fsp3) is 0.538. The van der Waals surface area contributed by atoms with Crippen LogP contribution in [0.3, 0.4) is 0 Å². The van der Waals surface area contributed by atoms with Gasteiger partial charge in [0.1, 0.15) is 12.4 Å². The second-order valence-corrected chi connectivity index (χ2v) is 3.98. The summed E-state index contributed by atoms with van der Waals surface area (Å²) in [6, 6.07) is 6.46. The molecule has 0 saturated heterocycles. The molecule has 1 aliphatic carbocycles. The van der Waals surface area contributed by atoms with Crippen LogP contribution in [-0.2, 0) is 17.6 Å². The van der Waals surface area contributed by atoms with Crippen molar-refractivity contribution in [2.75, 3.05) is 20.3 Å². The van der Waals surface area contributed by atoms with Gasteiger partial charge in [0.25, 0.3) is 0 Å². The van der Waals surface area contributed by atoms with Crippen LogP contribution in [0.2, 0.25) is 0 Å². The highest BCUT2D eigenvalue weighted by molar-refractivity contribution is 5.37. The lowest BCUT2D eigenvalue weighted by Gasteiger charge is -2.16. The van der Waals surface area contributed by atoms with Gasteiger partial charge < -0.3 is 9.47 Å². The van der Waals surface area contributed by atoms with Crippen molar-refractivity contribution in [2.45, 2.75) is 25.7 Å². The van der Waals surface area contributed by atoms with E-state index in [4.69, 9.17) is 9.47 Å². The molecule has 82 valence electrons. The van der Waals surface area contributed by atoms with Gasteiger partial charge in [-0.1, -0.05) is 6.07 Å². The maximum Gasteiger partial charge on any atom is 0.119 e. The van der Waals surface area contributed by atoms with Crippen molar-refractivity contribution in [3.63, 3.8) is 0 Å². The van der Waals surface area contributed by atoms with E-state index in [1.165, 1.54) is 36.8 Å². The number of hydrogen-bond acceptors (Lipinski definition) is 2. The van der Waals surface area contributed by atoms with Crippen LogP contribution < -0.4 is 4.74 Å². The Morgan fingerprint density at radius 3 is 2.67 bits per heavy atom. The maximum absolute atomic E-state index is 5.59. The third kappa shape index (κ3) is 2.72. The summed E-state index contributed by atoms with van der Waals surface area (Å²) >= 11 is 0. The molecule has 0 bridgehead atoms. The van der Waals surface area contributed by atoms with E-state index in [1.54, 1.807) is 7.11 Å². The van der Waals surface area contributed by atoms with Crippen molar-refractivity contribution in [3.8, 4) is 5.75 Å². The van der Waals surface area contributed by atoms with E-state index in [-0.39, 0.29) is 0 Å². The van der Waals surface area contributed by atoms with Crippen molar-refractivity contribution in [2.24, 2.45) is 0 Å². The van der Waals surface area contributed by atoms with E-state index in [9.17, 15) is 0 Å². The molecule has 1 aromatic rings. The maximum atomic E-state index is 5.59. The van der Waals surface area contributed by atoms with Crippen LogP contribution in [0, 0.1) is 0 Å². The quantitative estimate of drug-likeness (QED) is 0.705. The molecule has 0 N–H and O–H groups in total. The summed E-state index contributed by atoms with van der Waals surface area (Å²) in [4.78, 5) is 0. The molecule has 0 spiro atoms. The topological polar surface area (TPSA) is 18.5 Å². The van der Waals surface area contributed by atoms with Crippen LogP contribution in [0.15, 0.2) is 18.2 Å². The van der Waals surface area contributed by atoms with Gasteiger partial charge in [0.05, 0.1) is 6.61 Å². The third-order valence-electron chi connectivity index (χ3n) is 2.88. The first-order valence-electron chi connectivity index (χ1n) is 5.63. The van der Waals surface area contributed by atoms with Crippen LogP contribution in [0.5, 0.6) is 5.75 Å². The molecular formula is C13H18O2. The molecule has 0 fully saturated rings. The molecule has 1 aliphatic rings. The zero-order valence-corrected chi connectivity index (χ0v) is 9.29. The van der Waals surface area contributed by atoms with Gasteiger partial charge in [0.2, 0.25) is 0 Å². The van der Waals surface area contributed by atoms with Gasteiger partial charge in [0, 0.05) is 7.11 Å². The number of aryl methyl sites for hydroxylation is 2. The fourth-order valence-electron chi connectivity index (χ4n) is 2.04. The number of rotatable bonds is 4. The Kier molecular flexibility index (Phi) is 3.62. The van der Waals surface area contributed by atoms with Gasteiger partial charge in [-0.25, -0.2) is 0 Å². The van der Waals surface area contributed by atoms with Crippen molar-refractivity contribution in [1.29, 1.82) is 0 Å². The molecule has 0 radical (unpaired) electrons. The third-order valence-corrected chi connectivity index (χ3v) is 2.88. The minimum atomic E-state index is 0.634. The Bertz CT molecular complexity index is 320. The molecule has 15 heavy (non-hydrogen) atoms. The molecule has 0 aliphatic heterocycles. The second-order valence-electron chi connectivity index (χ2n) is 3.98. The Balaban J connectivity index is 2.00. The first kappa shape index (κ1) is 10.5. The van der Waals surface area contributed by atoms with Gasteiger partial charge in [-0.3, -0.25) is 0 Å². The summed E-state index contributed by atoms with van der Waals surface area (Å²) in [5.74, 6) is 0.979. The molecule has 2 rings (SSSR count). The summed E-state index contributed by atoms with van der Waals surface area (Å²) in [5, 5.41) is 0. The zero-order chi connectivity index (χ0) is 10.5. The minimum Gasteiger partial charge on any atom is -0.491 e. The minimum absolute atomic E-state index is 0.634. The Labute approximate surface area is 91.2 Å². The molecule has 0 atom stereocenters. The normalized spacial score (nSPS) is 14.7. The van der Waals surface area contributed by atoms with Gasteiger partial charge >= 0.3 is 0 Å². The summed E-state index contributed by atoms with van der Waals surface area (Å²) in [6.45, 7) is 1.28. The van der Waals surface area contributed by atoms with Crippen LogP contribution in [-0.4, -0.2) is 20.3 Å². The number of methoxy groups -OCH3 is 1. The summed E-state index contributed by atoms with van der Waals surface area (Å²) in [5.41, 5.74) is 2.97. The largest absolute Gasteiger partial charge is 0.491 e. The number of benzene rings is 1. The smallest absolute Gasteiger partial charge is 0.119 e. The monoisotopic (exact) mass is 206 g/mol. The molecule has 0 heterocycles. The van der Waals surface area contributed by atoms with Crippen LogP contribution in [0.4, 0.5) is 0 Å². The van der Waals surface area contributed by atoms with Gasteiger partial charge in [0.15, 0.2) is 0 Å². The van der Waals surface area contributed by atoms with Gasteiger partial charge in [-0.2, -0.15) is 0 Å². The highest BCUT2D eigenvalue weighted by Gasteiger charge is 2.09. The molecule has 0 amide bonds. The molecule has 1 aromatic carbocycles. The molecule has 2 heteroatoms. The lowest BCUT2D eigenvalue weighted by Crippen LogP contribution is -2.06. The van der Waals surface area contributed by atoms with Crippen molar-refractivity contribution < 1.29 is 9.47 Å². The number of ether oxygens (including phenoxy) is 2. The molecule has 2 nitrogen and oxygen atoms in total. The predicted molar refractivity (Wildman–Crippen MR) is 60.5 cm³/mol. The second kappa shape index (κ2) is 5.17. The Morgan fingerprint density at radius 1 is 1.07 bits per heavy atom. The summed E-state index contributed by atoms with van der Waals surface area (Å²) in [7, 11) is 1.69. The van der Waals surface area contributed by atoms with Crippen LogP contribution >= 0.6 is 0 Å². The lowest BCUT2D eigenvalue weighted by molar-refractivity contribution is 0.146. The van der Waals surface area contributed by atoms with E-state index in [1.807, 2.05) is 0 Å². The average Bonchev–Trinajstić information content (AvgIpc) is 2.29. The van der Waals surface area contributed by atoms with E-state index in [0.717, 1.165) is 5.75 Å². The van der Waals surface area contributed by atoms with Crippen molar-refractivity contribution in [3.05, 3.63) is 29.3 Å². The van der Waals surface area contributed by atoms with E-state index >= 15 is 0 Å². The molecule has 0 saturated carbocycles. The summed E-state index contributed by atoms with van der Waals surface area (Å²) in [6.07, 6.45) is 5.08. The molecule has 0 aromatic heterocycles.